The summed E-state index contributed by atoms with van der Waals surface area (Å²) in [6.45, 7) is 0.598. The molecule has 0 fully saturated rings. The van der Waals surface area contributed by atoms with Crippen LogP contribution in [0.2, 0.25) is 0 Å². The Labute approximate surface area is 128 Å². The van der Waals surface area contributed by atoms with Crippen molar-refractivity contribution in [3.05, 3.63) is 60.1 Å². The highest BCUT2D eigenvalue weighted by Crippen LogP contribution is 2.07. The zero-order chi connectivity index (χ0) is 15.8. The maximum atomic E-state index is 11.7. The lowest BCUT2D eigenvalue weighted by Crippen LogP contribution is -2.34. The fourth-order valence-electron chi connectivity index (χ4n) is 1.91. The van der Waals surface area contributed by atoms with E-state index in [1.165, 1.54) is 6.26 Å². The summed E-state index contributed by atoms with van der Waals surface area (Å²) in [5.74, 6) is -0.267. The van der Waals surface area contributed by atoms with Crippen molar-refractivity contribution in [2.24, 2.45) is 5.73 Å². The number of amides is 2. The predicted octanol–water partition coefficient (Wildman–Crippen LogP) is 1.22. The highest BCUT2D eigenvalue weighted by molar-refractivity contribution is 5.91. The second kappa shape index (κ2) is 7.99. The number of carbonyl (C=O) groups is 2. The van der Waals surface area contributed by atoms with Gasteiger partial charge in [-0.2, -0.15) is 0 Å². The van der Waals surface area contributed by atoms with E-state index in [1.807, 2.05) is 30.3 Å². The van der Waals surface area contributed by atoms with Crippen molar-refractivity contribution in [1.82, 2.24) is 10.6 Å². The number of furan rings is 1. The summed E-state index contributed by atoms with van der Waals surface area (Å²) in [5, 5.41) is 5.36. The summed E-state index contributed by atoms with van der Waals surface area (Å²) >= 11 is 0. The molecule has 0 spiro atoms. The maximum Gasteiger partial charge on any atom is 0.286 e. The van der Waals surface area contributed by atoms with Crippen LogP contribution >= 0.6 is 0 Å². The molecule has 2 aromatic rings. The van der Waals surface area contributed by atoms with Crippen molar-refractivity contribution in [2.45, 2.75) is 12.5 Å². The molecule has 0 aliphatic rings. The summed E-state index contributed by atoms with van der Waals surface area (Å²) in [7, 11) is 0. The Bertz CT molecular complexity index is 596. The van der Waals surface area contributed by atoms with E-state index >= 15 is 0 Å². The average Bonchev–Trinajstić information content (AvgIpc) is 3.08. The van der Waals surface area contributed by atoms with Gasteiger partial charge in [-0.25, -0.2) is 0 Å². The highest BCUT2D eigenvalue weighted by Gasteiger charge is 2.10. The molecule has 0 aliphatic heterocycles. The summed E-state index contributed by atoms with van der Waals surface area (Å²) in [6, 6.07) is 12.5. The van der Waals surface area contributed by atoms with Crippen LogP contribution in [0, 0.1) is 0 Å². The van der Waals surface area contributed by atoms with Gasteiger partial charge in [-0.05, 0) is 17.7 Å². The minimum atomic E-state index is -0.334. The number of hydrogen-bond donors (Lipinski definition) is 3. The Morgan fingerprint density at radius 2 is 1.86 bits per heavy atom. The van der Waals surface area contributed by atoms with Crippen LogP contribution in [0.4, 0.5) is 0 Å². The Morgan fingerprint density at radius 1 is 1.09 bits per heavy atom. The van der Waals surface area contributed by atoms with Crippen molar-refractivity contribution in [2.75, 3.05) is 13.1 Å². The molecule has 4 N–H and O–H groups in total. The molecule has 0 saturated carbocycles. The first-order valence-corrected chi connectivity index (χ1v) is 7.06. The topological polar surface area (TPSA) is 97.4 Å². The molecule has 6 nitrogen and oxygen atoms in total. The van der Waals surface area contributed by atoms with Crippen molar-refractivity contribution >= 4 is 11.8 Å². The number of carbonyl (C=O) groups excluding carboxylic acids is 2. The zero-order valence-electron chi connectivity index (χ0n) is 12.1. The number of nitrogens with two attached hydrogens (primary N) is 1. The van der Waals surface area contributed by atoms with Crippen LogP contribution in [0.25, 0.3) is 0 Å². The van der Waals surface area contributed by atoms with Gasteiger partial charge >= 0.3 is 0 Å². The van der Waals surface area contributed by atoms with E-state index in [0.29, 0.717) is 6.54 Å². The number of rotatable bonds is 7. The van der Waals surface area contributed by atoms with Crippen molar-refractivity contribution in [1.29, 1.82) is 0 Å². The molecule has 0 aliphatic carbocycles. The maximum absolute atomic E-state index is 11.7. The Balaban J connectivity index is 1.65. The van der Waals surface area contributed by atoms with Gasteiger partial charge in [0.25, 0.3) is 5.91 Å². The Morgan fingerprint density at radius 3 is 2.55 bits per heavy atom. The summed E-state index contributed by atoms with van der Waals surface area (Å²) < 4.78 is 4.95. The zero-order valence-corrected chi connectivity index (χ0v) is 12.1. The lowest BCUT2D eigenvalue weighted by Gasteiger charge is -2.13. The molecule has 1 aromatic carbocycles. The van der Waals surface area contributed by atoms with Gasteiger partial charge in [-0.3, -0.25) is 9.59 Å². The smallest absolute Gasteiger partial charge is 0.286 e. The van der Waals surface area contributed by atoms with Crippen molar-refractivity contribution < 1.29 is 14.0 Å². The lowest BCUT2D eigenvalue weighted by molar-refractivity contribution is -0.121. The normalized spacial score (nSPS) is 11.7. The molecule has 2 amide bonds. The van der Waals surface area contributed by atoms with Gasteiger partial charge in [0.15, 0.2) is 5.76 Å². The number of nitrogens with one attached hydrogen (secondary N) is 2. The third kappa shape index (κ3) is 4.75. The van der Waals surface area contributed by atoms with Crippen LogP contribution in [0.15, 0.2) is 53.1 Å². The second-order valence-corrected chi connectivity index (χ2v) is 4.80. The standard InChI is InChI=1S/C16H19N3O3/c17-13(12-5-2-1-3-6-12)11-19-15(20)8-9-18-16(21)14-7-4-10-22-14/h1-7,10,13H,8-9,11,17H2,(H,18,21)(H,19,20). The van der Waals surface area contributed by atoms with Crippen molar-refractivity contribution in [3.63, 3.8) is 0 Å². The minimum absolute atomic E-state index is 0.161. The largest absolute Gasteiger partial charge is 0.459 e. The first-order valence-electron chi connectivity index (χ1n) is 7.06. The highest BCUT2D eigenvalue weighted by atomic mass is 16.3. The van der Waals surface area contributed by atoms with Crippen LogP contribution < -0.4 is 16.4 Å². The van der Waals surface area contributed by atoms with Gasteiger partial charge in [0, 0.05) is 25.6 Å². The third-order valence-corrected chi connectivity index (χ3v) is 3.13. The molecule has 0 bridgehead atoms. The van der Waals surface area contributed by atoms with E-state index < -0.39 is 0 Å². The van der Waals surface area contributed by atoms with Crippen LogP contribution in [0.1, 0.15) is 28.6 Å². The Kier molecular flexibility index (Phi) is 5.73. The van der Waals surface area contributed by atoms with Crippen LogP contribution in [-0.4, -0.2) is 24.9 Å². The van der Waals surface area contributed by atoms with Gasteiger partial charge in [0.2, 0.25) is 5.91 Å². The minimum Gasteiger partial charge on any atom is -0.459 e. The molecule has 22 heavy (non-hydrogen) atoms. The average molecular weight is 301 g/mol. The van der Waals surface area contributed by atoms with Crippen LogP contribution in [0.3, 0.4) is 0 Å². The van der Waals surface area contributed by atoms with Gasteiger partial charge < -0.3 is 20.8 Å². The molecule has 1 heterocycles. The molecule has 6 heteroatoms. The molecular weight excluding hydrogens is 282 g/mol. The number of hydrogen-bond acceptors (Lipinski definition) is 4. The van der Waals surface area contributed by atoms with E-state index in [-0.39, 0.29) is 36.6 Å². The van der Waals surface area contributed by atoms with Gasteiger partial charge in [-0.15, -0.1) is 0 Å². The molecule has 0 radical (unpaired) electrons. The summed E-state index contributed by atoms with van der Waals surface area (Å²) in [4.78, 5) is 23.3. The summed E-state index contributed by atoms with van der Waals surface area (Å²) in [6.07, 6.45) is 1.61. The Hall–Kier alpha value is -2.60. The summed E-state index contributed by atoms with van der Waals surface area (Å²) in [5.41, 5.74) is 6.95. The fraction of sp³-hybridized carbons (Fsp3) is 0.250. The fourth-order valence-corrected chi connectivity index (χ4v) is 1.91. The molecule has 116 valence electrons. The quantitative estimate of drug-likeness (QED) is 0.716. The van der Waals surface area contributed by atoms with Gasteiger partial charge in [0.05, 0.1) is 6.26 Å². The molecule has 1 unspecified atom stereocenters. The monoisotopic (exact) mass is 301 g/mol. The SMILES string of the molecule is NC(CNC(=O)CCNC(=O)c1ccco1)c1ccccc1. The third-order valence-electron chi connectivity index (χ3n) is 3.13. The van der Waals surface area contributed by atoms with E-state index in [4.69, 9.17) is 10.2 Å². The van der Waals surface area contributed by atoms with E-state index in [1.54, 1.807) is 12.1 Å². The first kappa shape index (κ1) is 15.8. The molecule has 1 atom stereocenters. The van der Waals surface area contributed by atoms with E-state index in [9.17, 15) is 9.59 Å². The first-order chi connectivity index (χ1) is 10.7. The molecule has 0 saturated heterocycles. The molecule has 2 rings (SSSR count). The van der Waals surface area contributed by atoms with Gasteiger partial charge in [-0.1, -0.05) is 30.3 Å². The van der Waals surface area contributed by atoms with Crippen molar-refractivity contribution in [3.8, 4) is 0 Å². The van der Waals surface area contributed by atoms with E-state index in [0.717, 1.165) is 5.56 Å². The van der Waals surface area contributed by atoms with Crippen LogP contribution in [-0.2, 0) is 4.79 Å². The predicted molar refractivity (Wildman–Crippen MR) is 82.0 cm³/mol. The van der Waals surface area contributed by atoms with Crippen LogP contribution in [0.5, 0.6) is 0 Å². The van der Waals surface area contributed by atoms with Gasteiger partial charge in [0.1, 0.15) is 0 Å². The lowest BCUT2D eigenvalue weighted by atomic mass is 10.1. The molecule has 1 aromatic heterocycles. The number of benzene rings is 1. The molecular formula is C16H19N3O3. The van der Waals surface area contributed by atoms with E-state index in [2.05, 4.69) is 10.6 Å². The second-order valence-electron chi connectivity index (χ2n) is 4.80.